The number of rotatable bonds is 3. The molecule has 31 heavy (non-hydrogen) atoms. The predicted octanol–water partition coefficient (Wildman–Crippen LogP) is -3.41. The lowest BCUT2D eigenvalue weighted by molar-refractivity contribution is -0.314. The van der Waals surface area contributed by atoms with Gasteiger partial charge in [0.15, 0.2) is 6.29 Å². The van der Waals surface area contributed by atoms with Crippen molar-refractivity contribution in [3.05, 3.63) is 0 Å². The fourth-order valence-electron chi connectivity index (χ4n) is 5.54. The van der Waals surface area contributed by atoms with Crippen molar-refractivity contribution in [2.75, 3.05) is 6.61 Å². The number of aliphatic hydroxyl groups is 8. The van der Waals surface area contributed by atoms with Gasteiger partial charge >= 0.3 is 0 Å². The van der Waals surface area contributed by atoms with Crippen LogP contribution in [-0.2, 0) is 14.2 Å². The number of fused-ring (bicyclic) bond motifs is 1. The second-order valence-electron chi connectivity index (χ2n) is 9.51. The molecule has 12 atom stereocenters. The normalized spacial score (nSPS) is 56.1. The average Bonchev–Trinajstić information content (AvgIpc) is 2.72. The highest BCUT2D eigenvalue weighted by Crippen LogP contribution is 2.43. The summed E-state index contributed by atoms with van der Waals surface area (Å²) in [6.45, 7) is -0.227. The van der Waals surface area contributed by atoms with Gasteiger partial charge in [-0.15, -0.1) is 0 Å². The smallest absolute Gasteiger partial charge is 0.186 e. The highest BCUT2D eigenvalue weighted by molar-refractivity contribution is 4.99. The molecule has 4 rings (SSSR count). The van der Waals surface area contributed by atoms with Gasteiger partial charge in [0, 0.05) is 5.92 Å². The Morgan fingerprint density at radius 2 is 1.32 bits per heavy atom. The van der Waals surface area contributed by atoms with E-state index in [0.717, 1.165) is 0 Å². The van der Waals surface area contributed by atoms with Crippen molar-refractivity contribution >= 4 is 0 Å². The van der Waals surface area contributed by atoms with Crippen LogP contribution < -0.4 is 0 Å². The van der Waals surface area contributed by atoms with Crippen LogP contribution in [0.2, 0.25) is 0 Å². The van der Waals surface area contributed by atoms with Crippen molar-refractivity contribution in [2.45, 2.75) is 106 Å². The van der Waals surface area contributed by atoms with Crippen molar-refractivity contribution < 1.29 is 55.1 Å². The molecule has 0 bridgehead atoms. The van der Waals surface area contributed by atoms with E-state index in [1.165, 1.54) is 0 Å². The van der Waals surface area contributed by atoms with Crippen molar-refractivity contribution in [2.24, 2.45) is 11.8 Å². The second-order valence-corrected chi connectivity index (χ2v) is 9.51. The van der Waals surface area contributed by atoms with Gasteiger partial charge in [-0.05, 0) is 38.0 Å². The van der Waals surface area contributed by atoms with E-state index >= 15 is 0 Å². The molecule has 0 radical (unpaired) electrons. The molecule has 11 nitrogen and oxygen atoms in total. The van der Waals surface area contributed by atoms with Gasteiger partial charge in [-0.1, -0.05) is 0 Å². The van der Waals surface area contributed by atoms with Gasteiger partial charge < -0.3 is 55.1 Å². The molecule has 0 aromatic heterocycles. The molecule has 180 valence electrons. The Labute approximate surface area is 179 Å². The first-order chi connectivity index (χ1) is 14.7. The van der Waals surface area contributed by atoms with Crippen LogP contribution in [0.4, 0.5) is 0 Å². The molecule has 0 amide bonds. The van der Waals surface area contributed by atoms with Crippen LogP contribution in [0.1, 0.15) is 32.1 Å². The van der Waals surface area contributed by atoms with Gasteiger partial charge in [0.25, 0.3) is 0 Å². The molecule has 0 aromatic carbocycles. The Hall–Kier alpha value is -0.440. The molecule has 11 heteroatoms. The zero-order valence-electron chi connectivity index (χ0n) is 17.1. The zero-order valence-corrected chi connectivity index (χ0v) is 17.1. The maximum atomic E-state index is 10.5. The average molecular weight is 450 g/mol. The number of hydrogen-bond acceptors (Lipinski definition) is 11. The molecule has 2 heterocycles. The van der Waals surface area contributed by atoms with Crippen molar-refractivity contribution in [3.8, 4) is 0 Å². The van der Waals surface area contributed by atoms with Gasteiger partial charge in [0.1, 0.15) is 24.4 Å². The summed E-state index contributed by atoms with van der Waals surface area (Å²) in [6.07, 6.45) is -11.2. The van der Waals surface area contributed by atoms with Gasteiger partial charge in [-0.3, -0.25) is 0 Å². The molecule has 8 N–H and O–H groups in total. The number of ether oxygens (including phenoxy) is 3. The summed E-state index contributed by atoms with van der Waals surface area (Å²) in [5.74, 6) is -0.725. The summed E-state index contributed by atoms with van der Waals surface area (Å²) in [4.78, 5) is 0. The molecule has 2 saturated carbocycles. The summed E-state index contributed by atoms with van der Waals surface area (Å²) >= 11 is 0. The van der Waals surface area contributed by atoms with Crippen LogP contribution in [0, 0.1) is 11.8 Å². The van der Waals surface area contributed by atoms with Crippen LogP contribution in [0.5, 0.6) is 0 Å². The summed E-state index contributed by atoms with van der Waals surface area (Å²) < 4.78 is 17.6. The Morgan fingerprint density at radius 1 is 0.645 bits per heavy atom. The van der Waals surface area contributed by atoms with Gasteiger partial charge in [0.05, 0.1) is 49.3 Å². The highest BCUT2D eigenvalue weighted by Gasteiger charge is 2.51. The molecule has 4 fully saturated rings. The molecular formula is C20H34O11. The molecule has 2 aliphatic carbocycles. The Bertz CT molecular complexity index is 596. The predicted molar refractivity (Wildman–Crippen MR) is 101 cm³/mol. The summed E-state index contributed by atoms with van der Waals surface area (Å²) in [5, 5.41) is 80.7. The van der Waals surface area contributed by atoms with E-state index in [2.05, 4.69) is 0 Å². The van der Waals surface area contributed by atoms with Gasteiger partial charge in [0.2, 0.25) is 0 Å². The lowest BCUT2D eigenvalue weighted by atomic mass is 9.72. The quantitative estimate of drug-likeness (QED) is 0.214. The lowest BCUT2D eigenvalue weighted by Gasteiger charge is -2.51. The first-order valence-corrected chi connectivity index (χ1v) is 11.0. The van der Waals surface area contributed by atoms with Gasteiger partial charge in [-0.25, -0.2) is 0 Å². The molecule has 4 aliphatic rings. The van der Waals surface area contributed by atoms with Crippen LogP contribution in [0.15, 0.2) is 0 Å². The topological polar surface area (TPSA) is 190 Å². The fraction of sp³-hybridized carbons (Fsp3) is 1.00. The summed E-state index contributed by atoms with van der Waals surface area (Å²) in [7, 11) is 0. The van der Waals surface area contributed by atoms with E-state index in [9.17, 15) is 40.9 Å². The van der Waals surface area contributed by atoms with Crippen LogP contribution >= 0.6 is 0 Å². The molecule has 8 unspecified atom stereocenters. The van der Waals surface area contributed by atoms with E-state index < -0.39 is 79.4 Å². The zero-order chi connectivity index (χ0) is 22.4. The van der Waals surface area contributed by atoms with E-state index in [4.69, 9.17) is 14.2 Å². The van der Waals surface area contributed by atoms with E-state index in [1.807, 2.05) is 0 Å². The Balaban J connectivity index is 1.54. The minimum Gasteiger partial charge on any atom is -0.393 e. The minimum absolute atomic E-state index is 0.153. The SMILES string of the molecule is OC1CC(O)C2CC(O[C@@H]3OC[C@H](O)[C@H](O)[C@H]3O)C(C3CC(O)C(O)C(O)C3)OC2C1. The van der Waals surface area contributed by atoms with Crippen LogP contribution in [0.3, 0.4) is 0 Å². The maximum absolute atomic E-state index is 10.5. The Kier molecular flexibility index (Phi) is 7.21. The van der Waals surface area contributed by atoms with Crippen molar-refractivity contribution in [3.63, 3.8) is 0 Å². The third-order valence-corrected chi connectivity index (χ3v) is 7.30. The van der Waals surface area contributed by atoms with Gasteiger partial charge in [-0.2, -0.15) is 0 Å². The summed E-state index contributed by atoms with van der Waals surface area (Å²) in [5.41, 5.74) is 0. The minimum atomic E-state index is -1.50. The molecule has 2 aliphatic heterocycles. The third-order valence-electron chi connectivity index (χ3n) is 7.30. The van der Waals surface area contributed by atoms with E-state index in [1.54, 1.807) is 0 Å². The van der Waals surface area contributed by atoms with Crippen molar-refractivity contribution in [1.29, 1.82) is 0 Å². The monoisotopic (exact) mass is 450 g/mol. The lowest BCUT2D eigenvalue weighted by Crippen LogP contribution is -2.60. The number of aliphatic hydroxyl groups excluding tert-OH is 8. The fourth-order valence-corrected chi connectivity index (χ4v) is 5.54. The first-order valence-electron chi connectivity index (χ1n) is 11.0. The molecular weight excluding hydrogens is 416 g/mol. The first kappa shape index (κ1) is 23.7. The molecule has 0 spiro atoms. The van der Waals surface area contributed by atoms with E-state index in [0.29, 0.717) is 12.8 Å². The van der Waals surface area contributed by atoms with Crippen LogP contribution in [-0.4, -0.2) is 121 Å². The standard InChI is InChI=1S/C20H34O11/c21-8-3-10(22)9-5-15(31-20-18(28)17(27)13(25)6-29-20)19(30-14(9)4-8)7-1-11(23)16(26)12(24)2-7/h7-28H,1-6H2/t7?,8?,9?,10?,11?,12?,13-,14?,15?,16?,17-,18+,19?,20-/m0/s1. The van der Waals surface area contributed by atoms with Crippen LogP contribution in [0.25, 0.3) is 0 Å². The Morgan fingerprint density at radius 3 is 2.00 bits per heavy atom. The maximum Gasteiger partial charge on any atom is 0.186 e. The summed E-state index contributed by atoms with van der Waals surface area (Å²) in [6, 6.07) is 0. The van der Waals surface area contributed by atoms with Crippen molar-refractivity contribution in [1.82, 2.24) is 0 Å². The highest BCUT2D eigenvalue weighted by atomic mass is 16.7. The molecule has 0 aromatic rings. The largest absolute Gasteiger partial charge is 0.393 e. The number of hydrogen-bond donors (Lipinski definition) is 8. The second kappa shape index (κ2) is 9.43. The third kappa shape index (κ3) is 4.78. The van der Waals surface area contributed by atoms with E-state index in [-0.39, 0.29) is 31.8 Å². The molecule has 2 saturated heterocycles.